The van der Waals surface area contributed by atoms with Crippen molar-refractivity contribution in [3.63, 3.8) is 0 Å². The first-order valence-electron chi connectivity index (χ1n) is 4.99. The Morgan fingerprint density at radius 2 is 2.22 bits per heavy atom. The molecule has 0 radical (unpaired) electrons. The van der Waals surface area contributed by atoms with E-state index in [1.807, 2.05) is 0 Å². The van der Waals surface area contributed by atoms with Crippen molar-refractivity contribution in [1.29, 1.82) is 0 Å². The molecule has 0 bridgehead atoms. The van der Waals surface area contributed by atoms with Crippen LogP contribution in [0.2, 0.25) is 0 Å². The second-order valence-corrected chi connectivity index (χ2v) is 4.36. The molecule has 0 spiro atoms. The summed E-state index contributed by atoms with van der Waals surface area (Å²) in [7, 11) is 0. The molecular weight excluding hydrogens is 260 g/mol. The second-order valence-electron chi connectivity index (χ2n) is 3.47. The maximum absolute atomic E-state index is 13.4. The first kappa shape index (κ1) is 12.6. The Labute approximate surface area is 105 Å². The van der Waals surface area contributed by atoms with Gasteiger partial charge in [-0.1, -0.05) is 0 Å². The normalized spacial score (nSPS) is 12.2. The standard InChI is InChI=1S/C11H9F2N3OS/c12-6-1-2-8(13)7(5-6)9(14)10(17)16-11-15-3-4-18-11/h1-5,9H,14H2,(H,15,16,17). The van der Waals surface area contributed by atoms with Crippen molar-refractivity contribution in [3.05, 3.63) is 47.0 Å². The lowest BCUT2D eigenvalue weighted by Crippen LogP contribution is -2.28. The first-order chi connectivity index (χ1) is 8.58. The molecule has 18 heavy (non-hydrogen) atoms. The molecule has 7 heteroatoms. The Bertz CT molecular complexity index is 559. The van der Waals surface area contributed by atoms with Crippen LogP contribution in [0.1, 0.15) is 11.6 Å². The summed E-state index contributed by atoms with van der Waals surface area (Å²) >= 11 is 1.20. The number of carbonyl (C=O) groups excluding carboxylic acids is 1. The molecular formula is C11H9F2N3OS. The van der Waals surface area contributed by atoms with Crippen LogP contribution in [0.25, 0.3) is 0 Å². The highest BCUT2D eigenvalue weighted by Crippen LogP contribution is 2.19. The molecule has 3 N–H and O–H groups in total. The summed E-state index contributed by atoms with van der Waals surface area (Å²) in [4.78, 5) is 15.6. The predicted octanol–water partition coefficient (Wildman–Crippen LogP) is 2.06. The average Bonchev–Trinajstić information content (AvgIpc) is 2.84. The van der Waals surface area contributed by atoms with Gasteiger partial charge in [-0.15, -0.1) is 11.3 Å². The SMILES string of the molecule is NC(C(=O)Nc1nccs1)c1cc(F)ccc1F. The second kappa shape index (κ2) is 5.19. The fraction of sp³-hybridized carbons (Fsp3) is 0.0909. The van der Waals surface area contributed by atoms with Crippen LogP contribution in [0, 0.1) is 11.6 Å². The lowest BCUT2D eigenvalue weighted by atomic mass is 10.1. The van der Waals surface area contributed by atoms with Gasteiger partial charge in [0.2, 0.25) is 5.91 Å². The smallest absolute Gasteiger partial charge is 0.247 e. The Balaban J connectivity index is 2.17. The number of nitrogens with one attached hydrogen (secondary N) is 1. The highest BCUT2D eigenvalue weighted by molar-refractivity contribution is 7.13. The van der Waals surface area contributed by atoms with Crippen LogP contribution in [0.15, 0.2) is 29.8 Å². The summed E-state index contributed by atoms with van der Waals surface area (Å²) in [6, 6.07) is 1.51. The lowest BCUT2D eigenvalue weighted by Gasteiger charge is -2.12. The third-order valence-electron chi connectivity index (χ3n) is 2.24. The van der Waals surface area contributed by atoms with Crippen LogP contribution in [0.5, 0.6) is 0 Å². The van der Waals surface area contributed by atoms with Crippen LogP contribution in [0.4, 0.5) is 13.9 Å². The fourth-order valence-electron chi connectivity index (χ4n) is 1.36. The van der Waals surface area contributed by atoms with Gasteiger partial charge in [0, 0.05) is 17.1 Å². The van der Waals surface area contributed by atoms with E-state index in [-0.39, 0.29) is 5.56 Å². The molecule has 0 fully saturated rings. The van der Waals surface area contributed by atoms with Gasteiger partial charge in [0.05, 0.1) is 0 Å². The summed E-state index contributed by atoms with van der Waals surface area (Å²) in [6.45, 7) is 0. The van der Waals surface area contributed by atoms with Gasteiger partial charge in [-0.3, -0.25) is 4.79 Å². The Morgan fingerprint density at radius 3 is 2.89 bits per heavy atom. The number of benzene rings is 1. The Morgan fingerprint density at radius 1 is 1.44 bits per heavy atom. The van der Waals surface area contributed by atoms with Crippen molar-refractivity contribution in [2.75, 3.05) is 5.32 Å². The summed E-state index contributed by atoms with van der Waals surface area (Å²) in [6.07, 6.45) is 1.51. The van der Waals surface area contributed by atoms with Gasteiger partial charge >= 0.3 is 0 Å². The van der Waals surface area contributed by atoms with Crippen LogP contribution >= 0.6 is 11.3 Å². The van der Waals surface area contributed by atoms with Gasteiger partial charge in [-0.05, 0) is 18.2 Å². The van der Waals surface area contributed by atoms with E-state index in [0.717, 1.165) is 18.2 Å². The number of amides is 1. The molecule has 1 heterocycles. The molecule has 1 aromatic carbocycles. The number of rotatable bonds is 3. The fourth-order valence-corrected chi connectivity index (χ4v) is 1.89. The van der Waals surface area contributed by atoms with Crippen molar-refractivity contribution in [2.45, 2.75) is 6.04 Å². The van der Waals surface area contributed by atoms with Gasteiger partial charge in [0.1, 0.15) is 17.7 Å². The molecule has 1 amide bonds. The van der Waals surface area contributed by atoms with Crippen molar-refractivity contribution in [2.24, 2.45) is 5.73 Å². The average molecular weight is 269 g/mol. The molecule has 0 aliphatic heterocycles. The van der Waals surface area contributed by atoms with Crippen LogP contribution in [-0.4, -0.2) is 10.9 Å². The summed E-state index contributed by atoms with van der Waals surface area (Å²) < 4.78 is 26.4. The van der Waals surface area contributed by atoms with Crippen LogP contribution in [0.3, 0.4) is 0 Å². The summed E-state index contributed by atoms with van der Waals surface area (Å²) in [5.41, 5.74) is 5.39. The van der Waals surface area contributed by atoms with E-state index in [1.54, 1.807) is 5.38 Å². The van der Waals surface area contributed by atoms with Gasteiger partial charge in [0.25, 0.3) is 0 Å². The third kappa shape index (κ3) is 2.69. The van der Waals surface area contributed by atoms with E-state index in [1.165, 1.54) is 17.5 Å². The summed E-state index contributed by atoms with van der Waals surface area (Å²) in [5.74, 6) is -2.02. The number of anilines is 1. The Hall–Kier alpha value is -1.86. The lowest BCUT2D eigenvalue weighted by molar-refractivity contribution is -0.117. The number of nitrogens with zero attached hydrogens (tertiary/aromatic N) is 1. The van der Waals surface area contributed by atoms with Crippen molar-refractivity contribution in [1.82, 2.24) is 4.98 Å². The maximum Gasteiger partial charge on any atom is 0.247 e. The Kier molecular flexibility index (Phi) is 3.63. The number of thiazole rings is 1. The number of carbonyl (C=O) groups is 1. The van der Waals surface area contributed by atoms with Crippen LogP contribution < -0.4 is 11.1 Å². The van der Waals surface area contributed by atoms with Crippen molar-refractivity contribution >= 4 is 22.4 Å². The van der Waals surface area contributed by atoms with E-state index in [2.05, 4.69) is 10.3 Å². The van der Waals surface area contributed by atoms with E-state index in [0.29, 0.717) is 5.13 Å². The zero-order valence-electron chi connectivity index (χ0n) is 9.06. The first-order valence-corrected chi connectivity index (χ1v) is 5.87. The molecule has 2 aromatic rings. The molecule has 94 valence electrons. The highest BCUT2D eigenvalue weighted by Gasteiger charge is 2.20. The zero-order chi connectivity index (χ0) is 13.1. The van der Waals surface area contributed by atoms with Crippen molar-refractivity contribution in [3.8, 4) is 0 Å². The number of halogens is 2. The molecule has 1 atom stereocenters. The number of aromatic nitrogens is 1. The molecule has 4 nitrogen and oxygen atoms in total. The predicted molar refractivity (Wildman–Crippen MR) is 64.0 cm³/mol. The molecule has 0 saturated heterocycles. The van der Waals surface area contributed by atoms with E-state index >= 15 is 0 Å². The molecule has 0 aliphatic rings. The number of nitrogens with two attached hydrogens (primary N) is 1. The number of hydrogen-bond donors (Lipinski definition) is 2. The van der Waals surface area contributed by atoms with E-state index in [4.69, 9.17) is 5.73 Å². The maximum atomic E-state index is 13.4. The molecule has 1 aromatic heterocycles. The monoisotopic (exact) mass is 269 g/mol. The number of hydrogen-bond acceptors (Lipinski definition) is 4. The van der Waals surface area contributed by atoms with E-state index < -0.39 is 23.6 Å². The van der Waals surface area contributed by atoms with Gasteiger partial charge in [-0.2, -0.15) is 0 Å². The zero-order valence-corrected chi connectivity index (χ0v) is 9.88. The highest BCUT2D eigenvalue weighted by atomic mass is 32.1. The topological polar surface area (TPSA) is 68.0 Å². The minimum atomic E-state index is -1.29. The van der Waals surface area contributed by atoms with Gasteiger partial charge < -0.3 is 11.1 Å². The van der Waals surface area contributed by atoms with Gasteiger partial charge in [0.15, 0.2) is 5.13 Å². The molecule has 2 rings (SSSR count). The molecule has 0 aliphatic carbocycles. The minimum absolute atomic E-state index is 0.191. The molecule has 0 saturated carbocycles. The summed E-state index contributed by atoms with van der Waals surface area (Å²) in [5, 5.41) is 4.45. The van der Waals surface area contributed by atoms with Gasteiger partial charge in [-0.25, -0.2) is 13.8 Å². The molecule has 1 unspecified atom stereocenters. The minimum Gasteiger partial charge on any atom is -0.316 e. The quantitative estimate of drug-likeness (QED) is 0.896. The van der Waals surface area contributed by atoms with E-state index in [9.17, 15) is 13.6 Å². The largest absolute Gasteiger partial charge is 0.316 e. The van der Waals surface area contributed by atoms with Crippen molar-refractivity contribution < 1.29 is 13.6 Å². The van der Waals surface area contributed by atoms with Crippen LogP contribution in [-0.2, 0) is 4.79 Å². The third-order valence-corrected chi connectivity index (χ3v) is 2.93.